The van der Waals surface area contributed by atoms with Crippen LogP contribution in [0, 0.1) is 0 Å². The number of benzene rings is 1. The number of nitrogens with zero attached hydrogens (tertiary/aromatic N) is 2. The summed E-state index contributed by atoms with van der Waals surface area (Å²) in [5, 5.41) is 10.3. The van der Waals surface area contributed by atoms with Crippen molar-refractivity contribution in [3.05, 3.63) is 47.7 Å². The SMILES string of the molecule is CCNC(c1ccccc1)c1nnc(CC(F)(F)F)o1. The summed E-state index contributed by atoms with van der Waals surface area (Å²) < 4.78 is 42.0. The Morgan fingerprint density at radius 1 is 1.20 bits per heavy atom. The number of hydrogen-bond donors (Lipinski definition) is 1. The molecule has 0 saturated heterocycles. The predicted octanol–water partition coefficient (Wildman–Crippen LogP) is 2.87. The second-order valence-corrected chi connectivity index (χ2v) is 4.23. The molecular formula is C13H14F3N3O. The fourth-order valence-corrected chi connectivity index (χ4v) is 1.82. The topological polar surface area (TPSA) is 51.0 Å². The maximum absolute atomic E-state index is 12.3. The van der Waals surface area contributed by atoms with Gasteiger partial charge < -0.3 is 9.73 Å². The molecule has 0 spiro atoms. The van der Waals surface area contributed by atoms with Gasteiger partial charge in [-0.05, 0) is 12.1 Å². The highest BCUT2D eigenvalue weighted by molar-refractivity contribution is 5.23. The molecule has 0 aliphatic heterocycles. The van der Waals surface area contributed by atoms with E-state index in [0.717, 1.165) is 5.56 Å². The molecule has 7 heteroatoms. The lowest BCUT2D eigenvalue weighted by molar-refractivity contribution is -0.131. The van der Waals surface area contributed by atoms with Crippen LogP contribution in [0.25, 0.3) is 0 Å². The van der Waals surface area contributed by atoms with Crippen LogP contribution in [0.4, 0.5) is 13.2 Å². The number of aromatic nitrogens is 2. The molecule has 1 heterocycles. The normalized spacial score (nSPS) is 13.4. The maximum atomic E-state index is 12.3. The lowest BCUT2D eigenvalue weighted by Gasteiger charge is -2.13. The molecule has 1 atom stereocenters. The first kappa shape index (κ1) is 14.5. The third-order valence-corrected chi connectivity index (χ3v) is 2.62. The van der Waals surface area contributed by atoms with Gasteiger partial charge in [0.25, 0.3) is 0 Å². The van der Waals surface area contributed by atoms with Crippen LogP contribution < -0.4 is 5.32 Å². The Hall–Kier alpha value is -1.89. The summed E-state index contributed by atoms with van der Waals surface area (Å²) in [6.07, 6.45) is -5.57. The van der Waals surface area contributed by atoms with Crippen LogP contribution in [0.5, 0.6) is 0 Å². The smallest absolute Gasteiger partial charge is 0.397 e. The number of halogens is 3. The number of nitrogens with one attached hydrogen (secondary N) is 1. The Kier molecular flexibility index (Phi) is 4.39. The molecule has 0 radical (unpaired) electrons. The molecule has 0 aliphatic carbocycles. The van der Waals surface area contributed by atoms with Gasteiger partial charge in [0, 0.05) is 0 Å². The number of rotatable bonds is 5. The van der Waals surface area contributed by atoms with E-state index >= 15 is 0 Å². The summed E-state index contributed by atoms with van der Waals surface area (Å²) in [7, 11) is 0. The molecule has 1 N–H and O–H groups in total. The zero-order chi connectivity index (χ0) is 14.6. The molecule has 2 rings (SSSR count). The standard InChI is InChI=1S/C13H14F3N3O/c1-2-17-11(9-6-4-3-5-7-9)12-19-18-10(20-12)8-13(14,15)16/h3-7,11,17H,2,8H2,1H3. The predicted molar refractivity (Wildman–Crippen MR) is 66.0 cm³/mol. The van der Waals surface area contributed by atoms with Crippen LogP contribution >= 0.6 is 0 Å². The second-order valence-electron chi connectivity index (χ2n) is 4.23. The monoisotopic (exact) mass is 285 g/mol. The van der Waals surface area contributed by atoms with Crippen molar-refractivity contribution < 1.29 is 17.6 Å². The van der Waals surface area contributed by atoms with Crippen LogP contribution in [0.1, 0.15) is 30.3 Å². The second kappa shape index (κ2) is 6.04. The van der Waals surface area contributed by atoms with Crippen molar-refractivity contribution in [2.24, 2.45) is 0 Å². The van der Waals surface area contributed by atoms with Crippen LogP contribution in [-0.2, 0) is 6.42 Å². The van der Waals surface area contributed by atoms with Crippen LogP contribution in [0.3, 0.4) is 0 Å². The minimum atomic E-state index is -4.36. The molecule has 0 aliphatic rings. The van der Waals surface area contributed by atoms with Crippen molar-refractivity contribution in [1.82, 2.24) is 15.5 Å². The van der Waals surface area contributed by atoms with Crippen molar-refractivity contribution in [1.29, 1.82) is 0 Å². The van der Waals surface area contributed by atoms with Crippen LogP contribution in [-0.4, -0.2) is 22.9 Å². The fraction of sp³-hybridized carbons (Fsp3) is 0.385. The molecule has 1 unspecified atom stereocenters. The average molecular weight is 285 g/mol. The first-order valence-electron chi connectivity index (χ1n) is 6.17. The lowest BCUT2D eigenvalue weighted by atomic mass is 10.1. The van der Waals surface area contributed by atoms with Gasteiger partial charge in [-0.3, -0.25) is 0 Å². The molecule has 4 nitrogen and oxygen atoms in total. The average Bonchev–Trinajstić information content (AvgIpc) is 2.83. The van der Waals surface area contributed by atoms with Crippen molar-refractivity contribution in [2.45, 2.75) is 25.6 Å². The van der Waals surface area contributed by atoms with Gasteiger partial charge in [0.1, 0.15) is 12.5 Å². The van der Waals surface area contributed by atoms with E-state index in [9.17, 15) is 13.2 Å². The third kappa shape index (κ3) is 3.80. The van der Waals surface area contributed by atoms with Gasteiger partial charge in [0.2, 0.25) is 11.8 Å². The molecule has 108 valence electrons. The Balaban J connectivity index is 2.22. The molecule has 2 aromatic rings. The highest BCUT2D eigenvalue weighted by atomic mass is 19.4. The van der Waals surface area contributed by atoms with E-state index in [1.807, 2.05) is 37.3 Å². The van der Waals surface area contributed by atoms with Crippen LogP contribution in [0.15, 0.2) is 34.7 Å². The van der Waals surface area contributed by atoms with Gasteiger partial charge in [0.05, 0.1) is 0 Å². The molecule has 20 heavy (non-hydrogen) atoms. The Bertz CT molecular complexity index is 539. The molecule has 1 aromatic heterocycles. The van der Waals surface area contributed by atoms with Gasteiger partial charge in [-0.15, -0.1) is 10.2 Å². The van der Waals surface area contributed by atoms with Crippen molar-refractivity contribution in [3.8, 4) is 0 Å². The van der Waals surface area contributed by atoms with E-state index in [1.165, 1.54) is 0 Å². The first-order valence-corrected chi connectivity index (χ1v) is 6.17. The van der Waals surface area contributed by atoms with Gasteiger partial charge in [-0.1, -0.05) is 37.3 Å². The summed E-state index contributed by atoms with van der Waals surface area (Å²) in [5.41, 5.74) is 0.858. The maximum Gasteiger partial charge on any atom is 0.397 e. The van der Waals surface area contributed by atoms with E-state index in [2.05, 4.69) is 15.5 Å². The molecule has 0 fully saturated rings. The molecule has 1 aromatic carbocycles. The van der Waals surface area contributed by atoms with E-state index in [0.29, 0.717) is 6.54 Å². The Labute approximate surface area is 114 Å². The summed E-state index contributed by atoms with van der Waals surface area (Å²) in [6.45, 7) is 2.51. The zero-order valence-electron chi connectivity index (χ0n) is 10.8. The highest BCUT2D eigenvalue weighted by Crippen LogP contribution is 2.24. The lowest BCUT2D eigenvalue weighted by Crippen LogP contribution is -2.22. The van der Waals surface area contributed by atoms with E-state index < -0.39 is 24.5 Å². The minimum absolute atomic E-state index is 0.136. The molecule has 0 bridgehead atoms. The molecular weight excluding hydrogens is 271 g/mol. The fourth-order valence-electron chi connectivity index (χ4n) is 1.82. The van der Waals surface area contributed by atoms with Gasteiger partial charge in [0.15, 0.2) is 0 Å². The quantitative estimate of drug-likeness (QED) is 0.917. The third-order valence-electron chi connectivity index (χ3n) is 2.62. The molecule has 0 saturated carbocycles. The van der Waals surface area contributed by atoms with Crippen molar-refractivity contribution in [3.63, 3.8) is 0 Å². The van der Waals surface area contributed by atoms with Gasteiger partial charge >= 0.3 is 6.18 Å². The Morgan fingerprint density at radius 3 is 2.50 bits per heavy atom. The summed E-state index contributed by atoms with van der Waals surface area (Å²) in [5.74, 6) is -0.288. The van der Waals surface area contributed by atoms with E-state index in [4.69, 9.17) is 4.42 Å². The largest absolute Gasteiger partial charge is 0.423 e. The van der Waals surface area contributed by atoms with Crippen molar-refractivity contribution >= 4 is 0 Å². The molecule has 0 amide bonds. The van der Waals surface area contributed by atoms with Gasteiger partial charge in [-0.2, -0.15) is 13.2 Å². The highest BCUT2D eigenvalue weighted by Gasteiger charge is 2.31. The summed E-state index contributed by atoms with van der Waals surface area (Å²) in [6, 6.07) is 8.83. The summed E-state index contributed by atoms with van der Waals surface area (Å²) in [4.78, 5) is 0. The van der Waals surface area contributed by atoms with E-state index in [1.54, 1.807) is 0 Å². The first-order chi connectivity index (χ1) is 9.49. The summed E-state index contributed by atoms with van der Waals surface area (Å²) >= 11 is 0. The van der Waals surface area contributed by atoms with Crippen LogP contribution in [0.2, 0.25) is 0 Å². The zero-order valence-corrected chi connectivity index (χ0v) is 10.8. The number of hydrogen-bond acceptors (Lipinski definition) is 4. The Morgan fingerprint density at radius 2 is 1.90 bits per heavy atom. The van der Waals surface area contributed by atoms with Crippen molar-refractivity contribution in [2.75, 3.05) is 6.54 Å². The van der Waals surface area contributed by atoms with E-state index in [-0.39, 0.29) is 5.89 Å². The minimum Gasteiger partial charge on any atom is -0.423 e. The number of alkyl halides is 3. The van der Waals surface area contributed by atoms with Gasteiger partial charge in [-0.25, -0.2) is 0 Å².